The van der Waals surface area contributed by atoms with Crippen LogP contribution in [0.25, 0.3) is 11.1 Å². The van der Waals surface area contributed by atoms with Crippen molar-refractivity contribution in [2.45, 2.75) is 55.5 Å². The van der Waals surface area contributed by atoms with Crippen molar-refractivity contribution >= 4 is 27.5 Å². The first-order valence-corrected chi connectivity index (χ1v) is 15.0. The van der Waals surface area contributed by atoms with E-state index in [9.17, 15) is 27.5 Å². The summed E-state index contributed by atoms with van der Waals surface area (Å²) in [5, 5.41) is 9.71. The smallest absolute Gasteiger partial charge is 0.270 e. The number of benzene rings is 2. The van der Waals surface area contributed by atoms with Crippen LogP contribution in [0, 0.1) is 12.9 Å². The number of aromatic nitrogens is 1. The Morgan fingerprint density at radius 3 is 2.55 bits per heavy atom. The molecule has 0 saturated carbocycles. The lowest BCUT2D eigenvalue weighted by Crippen LogP contribution is -2.58. The number of amidine groups is 1. The molecule has 3 N–H and O–H groups in total. The summed E-state index contributed by atoms with van der Waals surface area (Å²) in [5.41, 5.74) is 7.62. The molecular formula is C30H33FN4O6S. The molecule has 2 aromatic carbocycles. The zero-order valence-electron chi connectivity index (χ0n) is 23.5. The van der Waals surface area contributed by atoms with Crippen molar-refractivity contribution in [3.05, 3.63) is 83.4 Å². The molecule has 222 valence electrons. The molecule has 12 heteroatoms. The van der Waals surface area contributed by atoms with E-state index in [1.165, 1.54) is 48.5 Å². The van der Waals surface area contributed by atoms with Gasteiger partial charge in [-0.1, -0.05) is 37.6 Å². The molecule has 42 heavy (non-hydrogen) atoms. The highest BCUT2D eigenvalue weighted by atomic mass is 32.2. The highest BCUT2D eigenvalue weighted by Gasteiger charge is 2.48. The van der Waals surface area contributed by atoms with Crippen LogP contribution in [0.3, 0.4) is 0 Å². The number of rotatable bonds is 11. The molecule has 0 saturated heterocycles. The molecule has 10 nitrogen and oxygen atoms in total. The second-order valence-corrected chi connectivity index (χ2v) is 12.1. The minimum atomic E-state index is -4.46. The molecule has 3 aromatic rings. The molecule has 0 fully saturated rings. The van der Waals surface area contributed by atoms with Crippen molar-refractivity contribution in [3.63, 3.8) is 0 Å². The van der Waals surface area contributed by atoms with Crippen molar-refractivity contribution in [2.75, 3.05) is 13.7 Å². The number of carbonyl (C=O) groups excluding carboxylic acids is 2. The average molecular weight is 597 g/mol. The van der Waals surface area contributed by atoms with Crippen LogP contribution in [0.1, 0.15) is 53.7 Å². The molecule has 2 unspecified atom stereocenters. The number of hydrogen-bond donors (Lipinski definition) is 2. The highest BCUT2D eigenvalue weighted by molar-refractivity contribution is 7.92. The first-order chi connectivity index (χ1) is 20.0. The summed E-state index contributed by atoms with van der Waals surface area (Å²) in [6.07, 6.45) is 1.19. The standard InChI is InChI=1S/C30H33FN4O6S/c1-4-5-9-25-34-29(37)26(30(38)35(25)24(17-41-3)20-7-6-8-21(16-20)28(32)36)42(39,40)22-12-10-19(11-13-22)23-14-15-33-27(31)18(23)2/h6-8,10-16,24,26,30,38H,4-5,9,17H2,1-3H3,(H2,32,36)/t24-,26?,30?/m0/s1. The zero-order valence-corrected chi connectivity index (χ0v) is 24.3. The number of aliphatic imine (C=N–C) groups is 1. The van der Waals surface area contributed by atoms with Gasteiger partial charge in [-0.25, -0.2) is 13.4 Å². The van der Waals surface area contributed by atoms with Gasteiger partial charge >= 0.3 is 0 Å². The lowest BCUT2D eigenvalue weighted by molar-refractivity contribution is -0.123. The number of nitrogens with zero attached hydrogens (tertiary/aromatic N) is 3. The van der Waals surface area contributed by atoms with Gasteiger partial charge in [0.05, 0.1) is 17.5 Å². The van der Waals surface area contributed by atoms with Gasteiger partial charge in [-0.05, 0) is 60.4 Å². The van der Waals surface area contributed by atoms with Gasteiger partial charge in [0.2, 0.25) is 11.9 Å². The molecule has 1 aromatic heterocycles. The van der Waals surface area contributed by atoms with Crippen molar-refractivity contribution in [3.8, 4) is 11.1 Å². The average Bonchev–Trinajstić information content (AvgIpc) is 2.96. The summed E-state index contributed by atoms with van der Waals surface area (Å²) in [7, 11) is -3.01. The van der Waals surface area contributed by atoms with E-state index in [1.54, 1.807) is 31.2 Å². The molecule has 1 aliphatic heterocycles. The van der Waals surface area contributed by atoms with Crippen LogP contribution in [-0.4, -0.2) is 66.3 Å². The number of ether oxygens (including phenoxy) is 1. The Morgan fingerprint density at radius 2 is 1.90 bits per heavy atom. The van der Waals surface area contributed by atoms with Crippen molar-refractivity contribution in [2.24, 2.45) is 10.7 Å². The van der Waals surface area contributed by atoms with Crippen LogP contribution >= 0.6 is 0 Å². The van der Waals surface area contributed by atoms with Crippen LogP contribution in [-0.2, 0) is 19.4 Å². The third kappa shape index (κ3) is 6.10. The van der Waals surface area contributed by atoms with Gasteiger partial charge in [0.1, 0.15) is 5.84 Å². The lowest BCUT2D eigenvalue weighted by atomic mass is 10.00. The molecule has 0 spiro atoms. The Kier molecular flexibility index (Phi) is 9.50. The van der Waals surface area contributed by atoms with E-state index in [0.29, 0.717) is 35.1 Å². The number of carbonyl (C=O) groups is 2. The predicted molar refractivity (Wildman–Crippen MR) is 155 cm³/mol. The van der Waals surface area contributed by atoms with Gasteiger partial charge in [0.15, 0.2) is 21.3 Å². The predicted octanol–water partition coefficient (Wildman–Crippen LogP) is 3.57. The van der Waals surface area contributed by atoms with E-state index in [0.717, 1.165) is 6.42 Å². The number of primary amides is 1. The second kappa shape index (κ2) is 12.9. The number of hydrogen-bond acceptors (Lipinski definition) is 8. The summed E-state index contributed by atoms with van der Waals surface area (Å²) in [6, 6.07) is 12.9. The summed E-state index contributed by atoms with van der Waals surface area (Å²) in [5.74, 6) is -2.05. The summed E-state index contributed by atoms with van der Waals surface area (Å²) in [6.45, 7) is 3.51. The van der Waals surface area contributed by atoms with Gasteiger partial charge in [0, 0.05) is 30.9 Å². The fourth-order valence-electron chi connectivity index (χ4n) is 5.04. The van der Waals surface area contributed by atoms with Crippen LogP contribution < -0.4 is 5.73 Å². The monoisotopic (exact) mass is 596 g/mol. The number of sulfone groups is 1. The fourth-order valence-corrected chi connectivity index (χ4v) is 6.62. The first kappa shape index (κ1) is 30.9. The number of nitrogens with two attached hydrogens (primary N) is 1. The molecule has 1 aliphatic rings. The molecular weight excluding hydrogens is 563 g/mol. The Labute approximate surface area is 244 Å². The quantitative estimate of drug-likeness (QED) is 0.319. The van der Waals surface area contributed by atoms with E-state index in [1.807, 2.05) is 6.92 Å². The number of amides is 2. The summed E-state index contributed by atoms with van der Waals surface area (Å²) < 4.78 is 47.1. The Bertz CT molecular complexity index is 1610. The Balaban J connectivity index is 1.77. The van der Waals surface area contributed by atoms with Gasteiger partial charge < -0.3 is 20.5 Å². The number of unbranched alkanes of at least 4 members (excludes halogenated alkanes) is 1. The molecule has 2 heterocycles. The Hall–Kier alpha value is -4.00. The van der Waals surface area contributed by atoms with E-state index in [4.69, 9.17) is 10.5 Å². The minimum absolute atomic E-state index is 0.0120. The van der Waals surface area contributed by atoms with Crippen molar-refractivity contribution < 1.29 is 32.2 Å². The maximum atomic E-state index is 14.0. The van der Waals surface area contributed by atoms with Crippen molar-refractivity contribution in [1.82, 2.24) is 9.88 Å². The van der Waals surface area contributed by atoms with E-state index < -0.39 is 45.1 Å². The number of methoxy groups -OCH3 is 1. The van der Waals surface area contributed by atoms with Crippen LogP contribution in [0.15, 0.2) is 70.7 Å². The number of aliphatic hydroxyl groups excluding tert-OH is 1. The van der Waals surface area contributed by atoms with Crippen LogP contribution in [0.5, 0.6) is 0 Å². The van der Waals surface area contributed by atoms with E-state index >= 15 is 0 Å². The third-order valence-electron chi connectivity index (χ3n) is 7.28. The molecule has 0 bridgehead atoms. The SMILES string of the molecule is CCCCC1=NC(=O)C(S(=O)(=O)c2ccc(-c3ccnc(F)c3C)cc2)C(O)N1[C@@H](COC)c1cccc(C(N)=O)c1. The van der Waals surface area contributed by atoms with Gasteiger partial charge in [0.25, 0.3) is 5.91 Å². The molecule has 2 amide bonds. The minimum Gasteiger partial charge on any atom is -0.382 e. The number of halogens is 1. The maximum Gasteiger partial charge on any atom is 0.270 e. The second-order valence-electron chi connectivity index (χ2n) is 10.0. The van der Waals surface area contributed by atoms with E-state index in [2.05, 4.69) is 9.98 Å². The highest BCUT2D eigenvalue weighted by Crippen LogP contribution is 2.34. The van der Waals surface area contributed by atoms with Crippen LogP contribution in [0.2, 0.25) is 0 Å². The van der Waals surface area contributed by atoms with Crippen molar-refractivity contribution in [1.29, 1.82) is 0 Å². The van der Waals surface area contributed by atoms with Crippen LogP contribution in [0.4, 0.5) is 4.39 Å². The fraction of sp³-hybridized carbons (Fsp3) is 0.333. The molecule has 0 aliphatic carbocycles. The summed E-state index contributed by atoms with van der Waals surface area (Å²) in [4.78, 5) is 34.1. The number of pyridine rings is 1. The zero-order chi connectivity index (χ0) is 30.6. The molecule has 4 rings (SSSR count). The largest absolute Gasteiger partial charge is 0.382 e. The maximum absolute atomic E-state index is 14.0. The van der Waals surface area contributed by atoms with Gasteiger partial charge in [-0.15, -0.1) is 0 Å². The molecule has 0 radical (unpaired) electrons. The van der Waals surface area contributed by atoms with Gasteiger partial charge in [-0.3, -0.25) is 9.59 Å². The normalized spacial score (nSPS) is 18.1. The number of aliphatic hydroxyl groups is 1. The van der Waals surface area contributed by atoms with Gasteiger partial charge in [-0.2, -0.15) is 9.38 Å². The third-order valence-corrected chi connectivity index (χ3v) is 9.32. The Morgan fingerprint density at radius 1 is 1.19 bits per heavy atom. The van der Waals surface area contributed by atoms with E-state index in [-0.39, 0.29) is 22.9 Å². The summed E-state index contributed by atoms with van der Waals surface area (Å²) >= 11 is 0. The molecule has 3 atom stereocenters. The first-order valence-electron chi connectivity index (χ1n) is 13.4. The lowest BCUT2D eigenvalue weighted by Gasteiger charge is -2.42. The topological polar surface area (TPSA) is 152 Å².